The number of carbonyl (C=O) groups excluding carboxylic acids is 1. The van der Waals surface area contributed by atoms with Gasteiger partial charge in [-0.05, 0) is 45.6 Å². The molecule has 1 rings (SSSR count). The highest BCUT2D eigenvalue weighted by molar-refractivity contribution is 5.93. The molecule has 0 unspecified atom stereocenters. The van der Waals surface area contributed by atoms with Gasteiger partial charge >= 0.3 is 0 Å². The van der Waals surface area contributed by atoms with Gasteiger partial charge in [-0.3, -0.25) is 4.79 Å². The molecule has 5 nitrogen and oxygen atoms in total. The lowest BCUT2D eigenvalue weighted by Crippen LogP contribution is -2.21. The summed E-state index contributed by atoms with van der Waals surface area (Å²) < 4.78 is 10.5. The molecule has 0 saturated heterocycles. The van der Waals surface area contributed by atoms with E-state index in [-0.39, 0.29) is 18.6 Å². The lowest BCUT2D eigenvalue weighted by molar-refractivity contribution is -0.121. The third kappa shape index (κ3) is 5.59. The molecule has 1 aromatic rings. The predicted molar refractivity (Wildman–Crippen MR) is 80.1 cm³/mol. The van der Waals surface area contributed by atoms with Gasteiger partial charge in [-0.1, -0.05) is 6.07 Å². The van der Waals surface area contributed by atoms with Crippen LogP contribution in [0.3, 0.4) is 0 Å². The summed E-state index contributed by atoms with van der Waals surface area (Å²) >= 11 is 0. The smallest absolute Gasteiger partial charge is 0.250 e. The summed E-state index contributed by atoms with van der Waals surface area (Å²) in [6, 6.07) is 5.77. The van der Waals surface area contributed by atoms with Crippen LogP contribution in [-0.2, 0) is 16.1 Å². The van der Waals surface area contributed by atoms with Crippen LogP contribution in [0.2, 0.25) is 0 Å². The zero-order valence-corrected chi connectivity index (χ0v) is 12.9. The molecule has 0 aliphatic carbocycles. The molecule has 0 radical (unpaired) electrons. The van der Waals surface area contributed by atoms with Gasteiger partial charge < -0.3 is 19.7 Å². The first-order valence-corrected chi connectivity index (χ1v) is 6.65. The van der Waals surface area contributed by atoms with Crippen LogP contribution in [0.4, 0.5) is 5.69 Å². The molecule has 1 aromatic carbocycles. The Morgan fingerprint density at radius 3 is 2.60 bits per heavy atom. The monoisotopic (exact) mass is 280 g/mol. The minimum Gasteiger partial charge on any atom is -0.495 e. The van der Waals surface area contributed by atoms with Crippen molar-refractivity contribution in [1.29, 1.82) is 0 Å². The molecular weight excluding hydrogens is 256 g/mol. The number of nitrogens with zero attached hydrogens (tertiary/aromatic N) is 1. The van der Waals surface area contributed by atoms with Crippen molar-refractivity contribution in [1.82, 2.24) is 4.90 Å². The van der Waals surface area contributed by atoms with Gasteiger partial charge in [0.15, 0.2) is 0 Å². The highest BCUT2D eigenvalue weighted by atomic mass is 16.5. The Bertz CT molecular complexity index is 445. The van der Waals surface area contributed by atoms with Crippen molar-refractivity contribution in [3.63, 3.8) is 0 Å². The van der Waals surface area contributed by atoms with Crippen molar-refractivity contribution in [2.24, 2.45) is 0 Å². The first-order valence-electron chi connectivity index (χ1n) is 6.65. The van der Waals surface area contributed by atoms with Gasteiger partial charge in [0, 0.05) is 6.54 Å². The van der Waals surface area contributed by atoms with Crippen LogP contribution in [0, 0.1) is 0 Å². The Kier molecular flexibility index (Phi) is 6.48. The van der Waals surface area contributed by atoms with E-state index in [1.165, 1.54) is 0 Å². The van der Waals surface area contributed by atoms with Crippen molar-refractivity contribution in [2.75, 3.05) is 33.1 Å². The summed E-state index contributed by atoms with van der Waals surface area (Å²) in [5.74, 6) is 0.462. The fourth-order valence-corrected chi connectivity index (χ4v) is 1.74. The normalized spacial score (nSPS) is 10.9. The summed E-state index contributed by atoms with van der Waals surface area (Å²) in [6.07, 6.45) is 0.0303. The van der Waals surface area contributed by atoms with E-state index < -0.39 is 0 Å². The van der Waals surface area contributed by atoms with Gasteiger partial charge in [0.2, 0.25) is 5.91 Å². The quantitative estimate of drug-likeness (QED) is 0.831. The van der Waals surface area contributed by atoms with E-state index in [9.17, 15) is 4.79 Å². The molecule has 0 saturated carbocycles. The van der Waals surface area contributed by atoms with Crippen LogP contribution in [-0.4, -0.2) is 44.7 Å². The number of hydrogen-bond acceptors (Lipinski definition) is 4. The number of benzene rings is 1. The molecule has 0 aromatic heterocycles. The van der Waals surface area contributed by atoms with Crippen LogP contribution in [0.25, 0.3) is 0 Å². The number of hydrogen-bond donors (Lipinski definition) is 1. The summed E-state index contributed by atoms with van der Waals surface area (Å²) in [5.41, 5.74) is 1.78. The van der Waals surface area contributed by atoms with Crippen molar-refractivity contribution < 1.29 is 14.3 Å². The minimum absolute atomic E-state index is 0.0303. The Morgan fingerprint density at radius 2 is 2.05 bits per heavy atom. The van der Waals surface area contributed by atoms with Crippen LogP contribution >= 0.6 is 0 Å². The van der Waals surface area contributed by atoms with Gasteiger partial charge in [-0.2, -0.15) is 0 Å². The molecular formula is C15H24N2O3. The van der Waals surface area contributed by atoms with Crippen LogP contribution < -0.4 is 10.1 Å². The summed E-state index contributed by atoms with van der Waals surface area (Å²) in [7, 11) is 5.58. The van der Waals surface area contributed by atoms with Gasteiger partial charge in [-0.15, -0.1) is 0 Å². The van der Waals surface area contributed by atoms with Crippen LogP contribution in [0.5, 0.6) is 5.75 Å². The average molecular weight is 280 g/mol. The van der Waals surface area contributed by atoms with Crippen molar-refractivity contribution in [2.45, 2.75) is 26.5 Å². The van der Waals surface area contributed by atoms with Gasteiger partial charge in [0.1, 0.15) is 12.4 Å². The van der Waals surface area contributed by atoms with Crippen molar-refractivity contribution >= 4 is 11.6 Å². The maximum absolute atomic E-state index is 11.8. The second-order valence-electron chi connectivity index (χ2n) is 5.18. The molecule has 0 atom stereocenters. The number of methoxy groups -OCH3 is 1. The lowest BCUT2D eigenvalue weighted by atomic mass is 10.1. The van der Waals surface area contributed by atoms with E-state index in [1.807, 2.05) is 46.1 Å². The van der Waals surface area contributed by atoms with Gasteiger partial charge in [-0.25, -0.2) is 0 Å². The fourth-order valence-electron chi connectivity index (χ4n) is 1.74. The lowest BCUT2D eigenvalue weighted by Gasteiger charge is -2.15. The SMILES string of the molecule is COc1ccc(CN(C)C)cc1NC(=O)COC(C)C. The van der Waals surface area contributed by atoms with Crippen molar-refractivity contribution in [3.05, 3.63) is 23.8 Å². The largest absolute Gasteiger partial charge is 0.495 e. The first kappa shape index (κ1) is 16.5. The molecule has 0 spiro atoms. The Balaban J connectivity index is 2.77. The zero-order chi connectivity index (χ0) is 15.1. The van der Waals surface area contributed by atoms with E-state index in [0.29, 0.717) is 11.4 Å². The second kappa shape index (κ2) is 7.87. The van der Waals surface area contributed by atoms with Crippen molar-refractivity contribution in [3.8, 4) is 5.75 Å². The van der Waals surface area contributed by atoms with Gasteiger partial charge in [0.25, 0.3) is 0 Å². The Hall–Kier alpha value is -1.59. The molecule has 1 N–H and O–H groups in total. The molecule has 1 amide bonds. The molecule has 0 fully saturated rings. The van der Waals surface area contributed by atoms with E-state index in [2.05, 4.69) is 10.2 Å². The summed E-state index contributed by atoms with van der Waals surface area (Å²) in [4.78, 5) is 13.9. The molecule has 0 aliphatic heterocycles. The Labute approximate surface area is 120 Å². The second-order valence-corrected chi connectivity index (χ2v) is 5.18. The number of nitrogens with one attached hydrogen (secondary N) is 1. The number of carbonyl (C=O) groups is 1. The predicted octanol–water partition coefficient (Wildman–Crippen LogP) is 2.12. The summed E-state index contributed by atoms with van der Waals surface area (Å²) in [5, 5.41) is 2.82. The molecule has 0 aliphatic rings. The molecule has 0 bridgehead atoms. The topological polar surface area (TPSA) is 50.8 Å². The first-order chi connectivity index (χ1) is 9.42. The number of amides is 1. The molecule has 0 heterocycles. The maximum Gasteiger partial charge on any atom is 0.250 e. The van der Waals surface area contributed by atoms with Gasteiger partial charge in [0.05, 0.1) is 18.9 Å². The van der Waals surface area contributed by atoms with Crippen LogP contribution in [0.1, 0.15) is 19.4 Å². The molecule has 20 heavy (non-hydrogen) atoms. The third-order valence-corrected chi connectivity index (χ3v) is 2.58. The highest BCUT2D eigenvalue weighted by Gasteiger charge is 2.10. The number of ether oxygens (including phenoxy) is 2. The zero-order valence-electron chi connectivity index (χ0n) is 12.9. The van der Waals surface area contributed by atoms with E-state index >= 15 is 0 Å². The molecule has 5 heteroatoms. The third-order valence-electron chi connectivity index (χ3n) is 2.58. The Morgan fingerprint density at radius 1 is 1.35 bits per heavy atom. The highest BCUT2D eigenvalue weighted by Crippen LogP contribution is 2.25. The van der Waals surface area contributed by atoms with Crippen LogP contribution in [0.15, 0.2) is 18.2 Å². The summed E-state index contributed by atoms with van der Waals surface area (Å²) in [6.45, 7) is 4.63. The van der Waals surface area contributed by atoms with E-state index in [4.69, 9.17) is 9.47 Å². The molecule has 112 valence electrons. The fraction of sp³-hybridized carbons (Fsp3) is 0.533. The van der Waals surface area contributed by atoms with E-state index in [0.717, 1.165) is 12.1 Å². The number of rotatable bonds is 7. The standard InChI is InChI=1S/C15H24N2O3/c1-11(2)20-10-15(18)16-13-8-12(9-17(3)4)6-7-14(13)19-5/h6-8,11H,9-10H2,1-5H3,(H,16,18). The van der Waals surface area contributed by atoms with E-state index in [1.54, 1.807) is 7.11 Å². The average Bonchev–Trinajstić information content (AvgIpc) is 2.36. The minimum atomic E-state index is -0.181. The number of anilines is 1. The maximum atomic E-state index is 11.8.